The summed E-state index contributed by atoms with van der Waals surface area (Å²) in [4.78, 5) is 20.4. The zero-order chi connectivity index (χ0) is 15.8. The summed E-state index contributed by atoms with van der Waals surface area (Å²) in [6.45, 7) is 0.743. The molecule has 1 atom stereocenters. The molecule has 23 heavy (non-hydrogen) atoms. The Balaban J connectivity index is 1.60. The molecule has 1 saturated carbocycles. The smallest absolute Gasteiger partial charge is 0.255 e. The average molecular weight is 329 g/mol. The van der Waals surface area contributed by atoms with Gasteiger partial charge in [-0.25, -0.2) is 0 Å². The predicted molar refractivity (Wildman–Crippen MR) is 87.5 cm³/mol. The van der Waals surface area contributed by atoms with Gasteiger partial charge < -0.3 is 9.42 Å². The standard InChI is InChI=1S/C17H19N3O2S/c1-23-14-7-3-2-5-12(14)17(21)20-10-4-6-13(20)16-18-15(19-22-16)11-8-9-11/h2-3,5,7,11,13H,4,6,8-10H2,1H3. The SMILES string of the molecule is CSc1ccccc1C(=O)N1CCCC1c1nc(C2CC2)no1. The van der Waals surface area contributed by atoms with E-state index >= 15 is 0 Å². The Morgan fingerprint density at radius 3 is 2.91 bits per heavy atom. The first kappa shape index (κ1) is 14.8. The third kappa shape index (κ3) is 2.76. The minimum absolute atomic E-state index is 0.0589. The summed E-state index contributed by atoms with van der Waals surface area (Å²) in [5.41, 5.74) is 0.758. The van der Waals surface area contributed by atoms with E-state index in [2.05, 4.69) is 10.1 Å². The lowest BCUT2D eigenvalue weighted by Crippen LogP contribution is -2.31. The van der Waals surface area contributed by atoms with Crippen molar-refractivity contribution in [3.63, 3.8) is 0 Å². The van der Waals surface area contributed by atoms with Gasteiger partial charge in [0.25, 0.3) is 5.91 Å². The highest BCUT2D eigenvalue weighted by Crippen LogP contribution is 2.40. The molecule has 1 aliphatic heterocycles. The lowest BCUT2D eigenvalue weighted by Gasteiger charge is -2.22. The van der Waals surface area contributed by atoms with Gasteiger partial charge in [-0.05, 0) is 44.1 Å². The van der Waals surface area contributed by atoms with Gasteiger partial charge in [0, 0.05) is 17.4 Å². The van der Waals surface area contributed by atoms with Crippen molar-refractivity contribution in [2.45, 2.75) is 42.5 Å². The van der Waals surface area contributed by atoms with Gasteiger partial charge >= 0.3 is 0 Å². The van der Waals surface area contributed by atoms with Gasteiger partial charge in [0.05, 0.1) is 5.56 Å². The Morgan fingerprint density at radius 2 is 2.13 bits per heavy atom. The maximum absolute atomic E-state index is 13.0. The number of hydrogen-bond donors (Lipinski definition) is 0. The molecule has 2 heterocycles. The topological polar surface area (TPSA) is 59.2 Å². The van der Waals surface area contributed by atoms with Crippen LogP contribution in [0.1, 0.15) is 59.7 Å². The molecule has 0 spiro atoms. The maximum atomic E-state index is 13.0. The van der Waals surface area contributed by atoms with Crippen molar-refractivity contribution in [3.05, 3.63) is 41.5 Å². The molecular weight excluding hydrogens is 310 g/mol. The van der Waals surface area contributed by atoms with Crippen LogP contribution < -0.4 is 0 Å². The van der Waals surface area contributed by atoms with E-state index in [0.717, 1.165) is 48.5 Å². The number of likely N-dealkylation sites (tertiary alicyclic amines) is 1. The molecule has 5 nitrogen and oxygen atoms in total. The molecule has 0 N–H and O–H groups in total. The van der Waals surface area contributed by atoms with Crippen LogP contribution in [0.4, 0.5) is 0 Å². The molecule has 1 aromatic heterocycles. The average Bonchev–Trinajstić information content (AvgIpc) is 3.13. The van der Waals surface area contributed by atoms with Crippen molar-refractivity contribution in [1.29, 1.82) is 0 Å². The molecule has 1 saturated heterocycles. The number of hydrogen-bond acceptors (Lipinski definition) is 5. The van der Waals surface area contributed by atoms with Crippen molar-refractivity contribution in [2.75, 3.05) is 12.8 Å². The Labute approximate surface area is 139 Å². The fourth-order valence-corrected chi connectivity index (χ4v) is 3.72. The molecule has 1 unspecified atom stereocenters. The molecule has 0 radical (unpaired) electrons. The van der Waals surface area contributed by atoms with Gasteiger partial charge in [-0.15, -0.1) is 11.8 Å². The molecule has 2 fully saturated rings. The van der Waals surface area contributed by atoms with Gasteiger partial charge in [-0.2, -0.15) is 4.98 Å². The summed E-state index contributed by atoms with van der Waals surface area (Å²) in [6, 6.07) is 7.67. The van der Waals surface area contributed by atoms with Crippen LogP contribution in [0.2, 0.25) is 0 Å². The van der Waals surface area contributed by atoms with Crippen molar-refractivity contribution >= 4 is 17.7 Å². The van der Waals surface area contributed by atoms with Gasteiger partial charge in [0.2, 0.25) is 5.89 Å². The lowest BCUT2D eigenvalue weighted by molar-refractivity contribution is 0.0706. The second-order valence-corrected chi connectivity index (χ2v) is 6.97. The zero-order valence-electron chi connectivity index (χ0n) is 13.1. The summed E-state index contributed by atoms with van der Waals surface area (Å²) in [6.07, 6.45) is 6.15. The Kier molecular flexibility index (Phi) is 3.85. The number of aromatic nitrogens is 2. The fourth-order valence-electron chi connectivity index (χ4n) is 3.13. The summed E-state index contributed by atoms with van der Waals surface area (Å²) in [5, 5.41) is 4.09. The largest absolute Gasteiger partial charge is 0.337 e. The lowest BCUT2D eigenvalue weighted by atomic mass is 10.1. The van der Waals surface area contributed by atoms with Crippen molar-refractivity contribution in [3.8, 4) is 0 Å². The molecule has 2 aliphatic rings. The summed E-state index contributed by atoms with van der Waals surface area (Å²) >= 11 is 1.60. The number of benzene rings is 1. The summed E-state index contributed by atoms with van der Waals surface area (Å²) < 4.78 is 5.46. The first-order valence-corrected chi connectivity index (χ1v) is 9.28. The van der Waals surface area contributed by atoms with Crippen molar-refractivity contribution in [2.24, 2.45) is 0 Å². The van der Waals surface area contributed by atoms with Crippen LogP contribution in [0.25, 0.3) is 0 Å². The van der Waals surface area contributed by atoms with Crippen molar-refractivity contribution < 1.29 is 9.32 Å². The van der Waals surface area contributed by atoms with E-state index in [-0.39, 0.29) is 11.9 Å². The van der Waals surface area contributed by atoms with E-state index in [0.29, 0.717) is 11.8 Å². The van der Waals surface area contributed by atoms with Gasteiger partial charge in [0.15, 0.2) is 5.82 Å². The monoisotopic (exact) mass is 329 g/mol. The second-order valence-electron chi connectivity index (χ2n) is 6.12. The van der Waals surface area contributed by atoms with E-state index in [1.807, 2.05) is 35.4 Å². The minimum Gasteiger partial charge on any atom is -0.337 e. The number of carbonyl (C=O) groups excluding carboxylic acids is 1. The van der Waals surface area contributed by atoms with E-state index in [1.54, 1.807) is 11.8 Å². The Morgan fingerprint density at radius 1 is 1.30 bits per heavy atom. The second kappa shape index (κ2) is 6.00. The van der Waals surface area contributed by atoms with Crippen LogP contribution in [-0.2, 0) is 0 Å². The van der Waals surface area contributed by atoms with E-state index in [9.17, 15) is 4.79 Å². The van der Waals surface area contributed by atoms with Crippen LogP contribution in [0, 0.1) is 0 Å². The van der Waals surface area contributed by atoms with Crippen LogP contribution in [0.15, 0.2) is 33.7 Å². The first-order chi connectivity index (χ1) is 11.3. The summed E-state index contributed by atoms with van der Waals surface area (Å²) in [5.74, 6) is 1.93. The molecule has 1 aromatic carbocycles. The van der Waals surface area contributed by atoms with Crippen LogP contribution in [-0.4, -0.2) is 33.7 Å². The van der Waals surface area contributed by atoms with Gasteiger partial charge in [-0.1, -0.05) is 17.3 Å². The third-order valence-corrected chi connectivity index (χ3v) is 5.33. The van der Waals surface area contributed by atoms with Crippen LogP contribution in [0.5, 0.6) is 0 Å². The molecule has 1 amide bonds. The number of nitrogens with zero attached hydrogens (tertiary/aromatic N) is 3. The third-order valence-electron chi connectivity index (χ3n) is 4.54. The highest BCUT2D eigenvalue weighted by Gasteiger charge is 2.37. The molecule has 1 aliphatic carbocycles. The minimum atomic E-state index is -0.0857. The van der Waals surface area contributed by atoms with E-state index < -0.39 is 0 Å². The highest BCUT2D eigenvalue weighted by molar-refractivity contribution is 7.98. The zero-order valence-corrected chi connectivity index (χ0v) is 13.9. The van der Waals surface area contributed by atoms with Crippen LogP contribution in [0.3, 0.4) is 0 Å². The Hall–Kier alpha value is -1.82. The quantitative estimate of drug-likeness (QED) is 0.801. The number of carbonyl (C=O) groups is 1. The molecule has 6 heteroatoms. The van der Waals surface area contributed by atoms with Gasteiger partial charge in [0.1, 0.15) is 6.04 Å². The number of amides is 1. The predicted octanol–water partition coefficient (Wildman–Crippen LogP) is 3.65. The fraction of sp³-hybridized carbons (Fsp3) is 0.471. The number of rotatable bonds is 4. The molecule has 120 valence electrons. The van der Waals surface area contributed by atoms with Gasteiger partial charge in [-0.3, -0.25) is 4.79 Å². The van der Waals surface area contributed by atoms with E-state index in [4.69, 9.17) is 4.52 Å². The molecule has 4 rings (SSSR count). The van der Waals surface area contributed by atoms with Crippen LogP contribution >= 0.6 is 11.8 Å². The molecule has 0 bridgehead atoms. The summed E-state index contributed by atoms with van der Waals surface area (Å²) in [7, 11) is 0. The molecule has 2 aromatic rings. The molecular formula is C17H19N3O2S. The highest BCUT2D eigenvalue weighted by atomic mass is 32.2. The van der Waals surface area contributed by atoms with Crippen molar-refractivity contribution in [1.82, 2.24) is 15.0 Å². The number of thioether (sulfide) groups is 1. The first-order valence-electron chi connectivity index (χ1n) is 8.05. The maximum Gasteiger partial charge on any atom is 0.255 e. The Bertz CT molecular complexity index is 726. The normalized spacial score (nSPS) is 20.9. The van der Waals surface area contributed by atoms with E-state index in [1.165, 1.54) is 0 Å².